The topological polar surface area (TPSA) is 89.6 Å². The van der Waals surface area contributed by atoms with E-state index >= 15 is 0 Å². The first-order valence-corrected chi connectivity index (χ1v) is 9.09. The molecule has 1 aliphatic rings. The fraction of sp³-hybridized carbons (Fsp3) is 0.136. The van der Waals surface area contributed by atoms with Gasteiger partial charge in [0.25, 0.3) is 5.91 Å². The van der Waals surface area contributed by atoms with Crippen LogP contribution in [0.3, 0.4) is 0 Å². The molecule has 1 amide bonds. The van der Waals surface area contributed by atoms with E-state index in [4.69, 9.17) is 9.47 Å². The molecule has 2 heterocycles. The van der Waals surface area contributed by atoms with E-state index in [0.717, 1.165) is 22.7 Å². The Hall–Kier alpha value is -3.87. The Morgan fingerprint density at radius 2 is 1.72 bits per heavy atom. The van der Waals surface area contributed by atoms with Crippen molar-refractivity contribution in [2.45, 2.75) is 13.5 Å². The highest BCUT2D eigenvalue weighted by atomic mass is 16.7. The molecule has 0 saturated heterocycles. The number of hydrogen-bond acceptors (Lipinski definition) is 6. The van der Waals surface area contributed by atoms with Crippen LogP contribution in [0.4, 0.5) is 11.4 Å². The van der Waals surface area contributed by atoms with Crippen molar-refractivity contribution < 1.29 is 19.1 Å². The minimum absolute atomic E-state index is 0.0200. The summed E-state index contributed by atoms with van der Waals surface area (Å²) in [5.74, 6) is 1.16. The Morgan fingerprint density at radius 3 is 2.45 bits per heavy atom. The minimum Gasteiger partial charge on any atom is -0.454 e. The van der Waals surface area contributed by atoms with Gasteiger partial charge in [-0.2, -0.15) is 0 Å². The van der Waals surface area contributed by atoms with Crippen molar-refractivity contribution in [3.05, 3.63) is 77.6 Å². The van der Waals surface area contributed by atoms with E-state index < -0.39 is 0 Å². The Morgan fingerprint density at radius 1 is 0.966 bits per heavy atom. The van der Waals surface area contributed by atoms with Crippen LogP contribution >= 0.6 is 0 Å². The fourth-order valence-electron chi connectivity index (χ4n) is 2.87. The van der Waals surface area contributed by atoms with E-state index in [1.807, 2.05) is 18.2 Å². The molecule has 0 unspecified atom stereocenters. The molecule has 29 heavy (non-hydrogen) atoms. The van der Waals surface area contributed by atoms with Crippen LogP contribution in [0.15, 0.2) is 60.8 Å². The molecule has 0 atom stereocenters. The first kappa shape index (κ1) is 18.5. The van der Waals surface area contributed by atoms with E-state index in [0.29, 0.717) is 23.5 Å². The Labute approximate surface area is 167 Å². The number of Topliss-reactive ketones (excluding diaryl/α,β-unsaturated/α-hetero) is 1. The summed E-state index contributed by atoms with van der Waals surface area (Å²) >= 11 is 0. The predicted octanol–water partition coefficient (Wildman–Crippen LogP) is 3.88. The summed E-state index contributed by atoms with van der Waals surface area (Å²) in [6.45, 7) is 2.34. The number of rotatable bonds is 6. The van der Waals surface area contributed by atoms with Gasteiger partial charge in [0.1, 0.15) is 5.69 Å². The van der Waals surface area contributed by atoms with Crippen molar-refractivity contribution >= 4 is 23.1 Å². The molecule has 0 bridgehead atoms. The third kappa shape index (κ3) is 4.35. The zero-order valence-corrected chi connectivity index (χ0v) is 15.8. The van der Waals surface area contributed by atoms with Crippen LogP contribution < -0.4 is 20.1 Å². The van der Waals surface area contributed by atoms with Crippen LogP contribution in [0.2, 0.25) is 0 Å². The van der Waals surface area contributed by atoms with E-state index in [2.05, 4.69) is 15.6 Å². The van der Waals surface area contributed by atoms with E-state index in [1.54, 1.807) is 42.6 Å². The number of amides is 1. The first-order valence-electron chi connectivity index (χ1n) is 9.09. The Balaban J connectivity index is 1.34. The van der Waals surface area contributed by atoms with Gasteiger partial charge < -0.3 is 20.1 Å². The molecule has 7 heteroatoms. The monoisotopic (exact) mass is 389 g/mol. The lowest BCUT2D eigenvalue weighted by molar-refractivity contribution is 0.101. The second kappa shape index (κ2) is 8.02. The molecule has 2 aromatic carbocycles. The standard InChI is InChI=1S/C22H19N3O4/c1-14(26)16-3-5-17(6-4-16)25-22(27)19-8-7-18(12-24-19)23-11-15-2-9-20-21(10-15)29-13-28-20/h2-10,12,23H,11,13H2,1H3,(H,25,27). The summed E-state index contributed by atoms with van der Waals surface area (Å²) in [6, 6.07) is 16.0. The fourth-order valence-corrected chi connectivity index (χ4v) is 2.87. The van der Waals surface area contributed by atoms with Crippen molar-refractivity contribution in [1.82, 2.24) is 4.98 Å². The number of ketones is 1. The van der Waals surface area contributed by atoms with Gasteiger partial charge in [0.05, 0.1) is 11.9 Å². The molecule has 0 radical (unpaired) electrons. The van der Waals surface area contributed by atoms with Gasteiger partial charge in [-0.1, -0.05) is 6.07 Å². The summed E-state index contributed by atoms with van der Waals surface area (Å²) in [5.41, 5.74) is 3.34. The zero-order chi connectivity index (χ0) is 20.2. The molecule has 2 N–H and O–H groups in total. The summed E-state index contributed by atoms with van der Waals surface area (Å²) in [7, 11) is 0. The Bertz CT molecular complexity index is 1050. The van der Waals surface area contributed by atoms with Crippen molar-refractivity contribution in [1.29, 1.82) is 0 Å². The minimum atomic E-state index is -0.317. The van der Waals surface area contributed by atoms with E-state index in [-0.39, 0.29) is 18.5 Å². The largest absolute Gasteiger partial charge is 0.454 e. The number of anilines is 2. The van der Waals surface area contributed by atoms with Gasteiger partial charge in [-0.25, -0.2) is 4.98 Å². The van der Waals surface area contributed by atoms with Gasteiger partial charge in [-0.15, -0.1) is 0 Å². The molecule has 0 saturated carbocycles. The first-order chi connectivity index (χ1) is 14.1. The third-order valence-corrected chi connectivity index (χ3v) is 4.48. The highest BCUT2D eigenvalue weighted by Gasteiger charge is 2.13. The summed E-state index contributed by atoms with van der Waals surface area (Å²) in [5, 5.41) is 6.03. The van der Waals surface area contributed by atoms with Crippen molar-refractivity contribution in [2.24, 2.45) is 0 Å². The highest BCUT2D eigenvalue weighted by Crippen LogP contribution is 2.32. The van der Waals surface area contributed by atoms with Crippen LogP contribution in [0, 0.1) is 0 Å². The summed E-state index contributed by atoms with van der Waals surface area (Å²) in [4.78, 5) is 27.9. The lowest BCUT2D eigenvalue weighted by atomic mass is 10.1. The van der Waals surface area contributed by atoms with E-state index in [9.17, 15) is 9.59 Å². The van der Waals surface area contributed by atoms with Crippen molar-refractivity contribution in [3.8, 4) is 11.5 Å². The van der Waals surface area contributed by atoms with Crippen LogP contribution in [0.25, 0.3) is 0 Å². The lowest BCUT2D eigenvalue weighted by Crippen LogP contribution is -2.13. The smallest absolute Gasteiger partial charge is 0.274 e. The molecule has 3 aromatic rings. The maximum Gasteiger partial charge on any atom is 0.274 e. The normalized spacial score (nSPS) is 11.8. The molecule has 0 fully saturated rings. The van der Waals surface area contributed by atoms with Gasteiger partial charge in [0, 0.05) is 17.8 Å². The third-order valence-electron chi connectivity index (χ3n) is 4.48. The van der Waals surface area contributed by atoms with Crippen molar-refractivity contribution in [3.63, 3.8) is 0 Å². The average molecular weight is 389 g/mol. The molecule has 1 aromatic heterocycles. The molecular formula is C22H19N3O4. The second-order valence-electron chi connectivity index (χ2n) is 6.56. The molecule has 1 aliphatic heterocycles. The van der Waals surface area contributed by atoms with Gasteiger partial charge in [0.15, 0.2) is 17.3 Å². The molecule has 146 valence electrons. The van der Waals surface area contributed by atoms with Gasteiger partial charge in [0.2, 0.25) is 6.79 Å². The molecule has 0 aliphatic carbocycles. The van der Waals surface area contributed by atoms with Crippen LogP contribution in [-0.4, -0.2) is 23.5 Å². The maximum absolute atomic E-state index is 12.3. The number of benzene rings is 2. The number of carbonyl (C=O) groups excluding carboxylic acids is 2. The van der Waals surface area contributed by atoms with Gasteiger partial charge in [-0.05, 0) is 61.0 Å². The molecule has 4 rings (SSSR count). The predicted molar refractivity (Wildman–Crippen MR) is 109 cm³/mol. The van der Waals surface area contributed by atoms with Gasteiger partial charge >= 0.3 is 0 Å². The number of aromatic nitrogens is 1. The van der Waals surface area contributed by atoms with E-state index in [1.165, 1.54) is 6.92 Å². The van der Waals surface area contributed by atoms with Crippen LogP contribution in [0.5, 0.6) is 11.5 Å². The highest BCUT2D eigenvalue weighted by molar-refractivity contribution is 6.03. The molecule has 7 nitrogen and oxygen atoms in total. The number of fused-ring (bicyclic) bond motifs is 1. The molecule has 0 spiro atoms. The van der Waals surface area contributed by atoms with Gasteiger partial charge in [-0.3, -0.25) is 9.59 Å². The number of ether oxygens (including phenoxy) is 2. The lowest BCUT2D eigenvalue weighted by Gasteiger charge is -2.08. The number of nitrogens with one attached hydrogen (secondary N) is 2. The van der Waals surface area contributed by atoms with Crippen LogP contribution in [-0.2, 0) is 6.54 Å². The van der Waals surface area contributed by atoms with Crippen molar-refractivity contribution in [2.75, 3.05) is 17.4 Å². The maximum atomic E-state index is 12.3. The number of pyridine rings is 1. The number of nitrogens with zero attached hydrogens (tertiary/aromatic N) is 1. The average Bonchev–Trinajstić information content (AvgIpc) is 3.21. The Kier molecular flexibility index (Phi) is 5.11. The van der Waals surface area contributed by atoms with Crippen LogP contribution in [0.1, 0.15) is 33.3 Å². The zero-order valence-electron chi connectivity index (χ0n) is 15.8. The summed E-state index contributed by atoms with van der Waals surface area (Å²) in [6.07, 6.45) is 1.61. The SMILES string of the molecule is CC(=O)c1ccc(NC(=O)c2ccc(NCc3ccc4c(c3)OCO4)cn2)cc1. The molecular weight excluding hydrogens is 370 g/mol. The second-order valence-corrected chi connectivity index (χ2v) is 6.56. The quantitative estimate of drug-likeness (QED) is 0.622. The number of hydrogen-bond donors (Lipinski definition) is 2. The summed E-state index contributed by atoms with van der Waals surface area (Å²) < 4.78 is 10.7. The number of carbonyl (C=O) groups is 2.